The monoisotopic (exact) mass is 123 g/mol. The number of rotatable bonds is 3. The maximum Gasteiger partial charge on any atom is -0.0317 e. The van der Waals surface area contributed by atoms with E-state index in [9.17, 15) is 0 Å². The summed E-state index contributed by atoms with van der Waals surface area (Å²) in [5, 5.41) is 0. The minimum Gasteiger partial charge on any atom is -0.0853 e. The van der Waals surface area contributed by atoms with Gasteiger partial charge in [0.2, 0.25) is 0 Å². The van der Waals surface area contributed by atoms with E-state index in [0.717, 1.165) is 0 Å². The third-order valence-electron chi connectivity index (χ3n) is 1.89. The van der Waals surface area contributed by atoms with Crippen molar-refractivity contribution in [2.75, 3.05) is 0 Å². The van der Waals surface area contributed by atoms with E-state index in [1.807, 2.05) is 0 Å². The highest BCUT2D eigenvalue weighted by atomic mass is 14.1. The van der Waals surface area contributed by atoms with E-state index in [2.05, 4.69) is 19.4 Å². The van der Waals surface area contributed by atoms with Crippen LogP contribution in [-0.2, 0) is 0 Å². The third-order valence-corrected chi connectivity index (χ3v) is 1.89. The van der Waals surface area contributed by atoms with Gasteiger partial charge in [-0.1, -0.05) is 18.6 Å². The summed E-state index contributed by atoms with van der Waals surface area (Å²) < 4.78 is 0. The van der Waals surface area contributed by atoms with Crippen LogP contribution in [0, 0.1) is 6.42 Å². The Hall–Kier alpha value is -0.260. The molecule has 0 nitrogen and oxygen atoms in total. The Kier molecular flexibility index (Phi) is 2.82. The van der Waals surface area contributed by atoms with E-state index < -0.39 is 0 Å². The second-order valence-corrected chi connectivity index (χ2v) is 2.70. The molecule has 0 heterocycles. The van der Waals surface area contributed by atoms with Crippen molar-refractivity contribution in [2.24, 2.45) is 0 Å². The zero-order chi connectivity index (χ0) is 6.53. The molecule has 1 aliphatic carbocycles. The van der Waals surface area contributed by atoms with Crippen molar-refractivity contribution in [3.63, 3.8) is 0 Å². The molecular weight excluding hydrogens is 108 g/mol. The standard InChI is InChI=1S/C9H15/c1-2-3-6-9-7-4-5-8-9/h2,7H,3-6,8H2,1H3. The quantitative estimate of drug-likeness (QED) is 0.506. The third kappa shape index (κ3) is 2.21. The maximum atomic E-state index is 2.41. The molecule has 0 saturated carbocycles. The van der Waals surface area contributed by atoms with Crippen LogP contribution in [0.25, 0.3) is 0 Å². The highest BCUT2D eigenvalue weighted by Gasteiger charge is 2.01. The second-order valence-electron chi connectivity index (χ2n) is 2.70. The van der Waals surface area contributed by atoms with Gasteiger partial charge in [0.25, 0.3) is 0 Å². The van der Waals surface area contributed by atoms with Gasteiger partial charge in [-0.2, -0.15) is 0 Å². The molecule has 0 spiro atoms. The lowest BCUT2D eigenvalue weighted by molar-refractivity contribution is 0.837. The van der Waals surface area contributed by atoms with Gasteiger partial charge in [0.15, 0.2) is 0 Å². The molecular formula is C9H15. The average Bonchev–Trinajstić information content (AvgIpc) is 2.34. The lowest BCUT2D eigenvalue weighted by atomic mass is 10.1. The fourth-order valence-electron chi connectivity index (χ4n) is 1.29. The molecule has 1 radical (unpaired) electrons. The molecule has 0 aromatic rings. The van der Waals surface area contributed by atoms with Gasteiger partial charge < -0.3 is 0 Å². The molecule has 0 heteroatoms. The Labute approximate surface area is 58.0 Å². The van der Waals surface area contributed by atoms with Crippen LogP contribution < -0.4 is 0 Å². The molecule has 0 aliphatic heterocycles. The summed E-state index contributed by atoms with van der Waals surface area (Å²) in [6.45, 7) is 2.13. The van der Waals surface area contributed by atoms with Crippen LogP contribution in [-0.4, -0.2) is 0 Å². The molecule has 0 N–H and O–H groups in total. The first-order valence-electron chi connectivity index (χ1n) is 3.89. The van der Waals surface area contributed by atoms with Crippen LogP contribution in [0.2, 0.25) is 0 Å². The summed E-state index contributed by atoms with van der Waals surface area (Å²) in [6.07, 6.45) is 11.3. The number of allylic oxidation sites excluding steroid dienone is 2. The van der Waals surface area contributed by atoms with Crippen LogP contribution in [0.5, 0.6) is 0 Å². The molecule has 0 fully saturated rings. The summed E-state index contributed by atoms with van der Waals surface area (Å²) in [6, 6.07) is 0. The molecule has 0 aromatic heterocycles. The Bertz CT molecular complexity index is 101. The zero-order valence-corrected chi connectivity index (χ0v) is 6.19. The predicted octanol–water partition coefficient (Wildman–Crippen LogP) is 3.10. The number of hydrogen-bond donors (Lipinski definition) is 0. The van der Waals surface area contributed by atoms with Crippen molar-refractivity contribution < 1.29 is 0 Å². The molecule has 0 aromatic carbocycles. The smallest absolute Gasteiger partial charge is 0.0317 e. The van der Waals surface area contributed by atoms with Gasteiger partial charge in [-0.05, 0) is 38.5 Å². The first-order chi connectivity index (χ1) is 4.43. The first kappa shape index (κ1) is 6.85. The normalized spacial score (nSPS) is 18.1. The highest BCUT2D eigenvalue weighted by Crippen LogP contribution is 2.21. The summed E-state index contributed by atoms with van der Waals surface area (Å²) in [4.78, 5) is 0. The van der Waals surface area contributed by atoms with Crippen molar-refractivity contribution in [3.8, 4) is 0 Å². The largest absolute Gasteiger partial charge is 0.0853 e. The van der Waals surface area contributed by atoms with Crippen LogP contribution in [0.3, 0.4) is 0 Å². The molecule has 9 heavy (non-hydrogen) atoms. The molecule has 0 bridgehead atoms. The van der Waals surface area contributed by atoms with E-state index in [1.165, 1.54) is 32.1 Å². The van der Waals surface area contributed by atoms with Crippen LogP contribution in [0.1, 0.15) is 39.0 Å². The fraction of sp³-hybridized carbons (Fsp3) is 0.667. The van der Waals surface area contributed by atoms with E-state index in [0.29, 0.717) is 0 Å². The lowest BCUT2D eigenvalue weighted by Crippen LogP contribution is -1.77. The van der Waals surface area contributed by atoms with Gasteiger partial charge in [-0.15, -0.1) is 0 Å². The molecule has 0 amide bonds. The molecule has 51 valence electrons. The highest BCUT2D eigenvalue weighted by molar-refractivity contribution is 5.07. The van der Waals surface area contributed by atoms with Gasteiger partial charge in [0, 0.05) is 0 Å². The first-order valence-corrected chi connectivity index (χ1v) is 3.89. The van der Waals surface area contributed by atoms with Crippen molar-refractivity contribution in [1.82, 2.24) is 0 Å². The van der Waals surface area contributed by atoms with Crippen LogP contribution >= 0.6 is 0 Å². The van der Waals surface area contributed by atoms with Gasteiger partial charge in [0.1, 0.15) is 0 Å². The molecule has 0 atom stereocenters. The van der Waals surface area contributed by atoms with Gasteiger partial charge >= 0.3 is 0 Å². The van der Waals surface area contributed by atoms with Gasteiger partial charge in [0.05, 0.1) is 0 Å². The summed E-state index contributed by atoms with van der Waals surface area (Å²) in [7, 11) is 0. The van der Waals surface area contributed by atoms with Crippen LogP contribution in [0.15, 0.2) is 11.6 Å². The van der Waals surface area contributed by atoms with E-state index in [4.69, 9.17) is 0 Å². The van der Waals surface area contributed by atoms with Gasteiger partial charge in [-0.25, -0.2) is 0 Å². The predicted molar refractivity (Wildman–Crippen MR) is 41.1 cm³/mol. The Morgan fingerprint density at radius 3 is 3.11 bits per heavy atom. The lowest BCUT2D eigenvalue weighted by Gasteiger charge is -1.96. The topological polar surface area (TPSA) is 0 Å². The minimum absolute atomic E-state index is 1.27. The summed E-state index contributed by atoms with van der Waals surface area (Å²) >= 11 is 0. The average molecular weight is 123 g/mol. The van der Waals surface area contributed by atoms with Crippen molar-refractivity contribution >= 4 is 0 Å². The minimum atomic E-state index is 1.27. The van der Waals surface area contributed by atoms with E-state index >= 15 is 0 Å². The Morgan fingerprint density at radius 1 is 1.67 bits per heavy atom. The van der Waals surface area contributed by atoms with E-state index in [-0.39, 0.29) is 0 Å². The maximum absolute atomic E-state index is 2.41. The summed E-state index contributed by atoms with van der Waals surface area (Å²) in [5.41, 5.74) is 1.69. The van der Waals surface area contributed by atoms with Crippen LogP contribution in [0.4, 0.5) is 0 Å². The SMILES string of the molecule is C[CH]CCC1=CCCC1. The molecule has 1 aliphatic rings. The molecule has 0 unspecified atom stereocenters. The zero-order valence-electron chi connectivity index (χ0n) is 6.19. The van der Waals surface area contributed by atoms with Crippen molar-refractivity contribution in [2.45, 2.75) is 39.0 Å². The molecule has 0 saturated heterocycles. The van der Waals surface area contributed by atoms with E-state index in [1.54, 1.807) is 5.57 Å². The Morgan fingerprint density at radius 2 is 2.56 bits per heavy atom. The fourth-order valence-corrected chi connectivity index (χ4v) is 1.29. The van der Waals surface area contributed by atoms with Crippen molar-refractivity contribution in [1.29, 1.82) is 0 Å². The number of hydrogen-bond acceptors (Lipinski definition) is 0. The molecule has 1 rings (SSSR count). The Balaban J connectivity index is 2.11. The van der Waals surface area contributed by atoms with Gasteiger partial charge in [-0.3, -0.25) is 0 Å². The second kappa shape index (κ2) is 3.71. The summed E-state index contributed by atoms with van der Waals surface area (Å²) in [5.74, 6) is 0. The number of unbranched alkanes of at least 4 members (excludes halogenated alkanes) is 1. The van der Waals surface area contributed by atoms with Crippen molar-refractivity contribution in [3.05, 3.63) is 18.1 Å².